The van der Waals surface area contributed by atoms with Crippen LogP contribution in [-0.2, 0) is 11.3 Å². The quantitative estimate of drug-likeness (QED) is 0.848. The van der Waals surface area contributed by atoms with E-state index in [1.54, 1.807) is 0 Å². The van der Waals surface area contributed by atoms with Crippen molar-refractivity contribution >= 4 is 17.3 Å². The molecular weight excluding hydrogens is 302 g/mol. The lowest BCUT2D eigenvalue weighted by Gasteiger charge is -2.40. The number of rotatable bonds is 4. The predicted molar refractivity (Wildman–Crippen MR) is 96.1 cm³/mol. The molecule has 1 heterocycles. The van der Waals surface area contributed by atoms with Crippen molar-refractivity contribution in [1.82, 2.24) is 5.32 Å². The third-order valence-corrected chi connectivity index (χ3v) is 3.95. The molecule has 1 aliphatic heterocycles. The number of nitrogens with two attached hydrogens (primary N) is 1. The maximum absolute atomic E-state index is 12.4. The van der Waals surface area contributed by atoms with Gasteiger partial charge >= 0.3 is 0 Å². The number of hydrogen-bond acceptors (Lipinski definition) is 4. The molecule has 0 fully saturated rings. The van der Waals surface area contributed by atoms with Crippen molar-refractivity contribution in [3.8, 4) is 5.75 Å². The second-order valence-electron chi connectivity index (χ2n) is 6.71. The van der Waals surface area contributed by atoms with Crippen LogP contribution in [0.2, 0.25) is 0 Å². The largest absolute Gasteiger partial charge is 0.484 e. The van der Waals surface area contributed by atoms with E-state index in [4.69, 9.17) is 10.5 Å². The SMILES string of the molecule is CC1(C)CN(CC(=O)NCc2ccccc2)c2ccc(N)cc2O1. The van der Waals surface area contributed by atoms with Crippen LogP contribution in [0.15, 0.2) is 48.5 Å². The van der Waals surface area contributed by atoms with Crippen LogP contribution >= 0.6 is 0 Å². The number of benzene rings is 2. The van der Waals surface area contributed by atoms with Crippen molar-refractivity contribution in [3.05, 3.63) is 54.1 Å². The van der Waals surface area contributed by atoms with Crippen molar-refractivity contribution < 1.29 is 9.53 Å². The van der Waals surface area contributed by atoms with Crippen molar-refractivity contribution in [2.45, 2.75) is 26.0 Å². The summed E-state index contributed by atoms with van der Waals surface area (Å²) in [6.45, 7) is 5.48. The molecule has 0 bridgehead atoms. The molecule has 0 aliphatic carbocycles. The Hall–Kier alpha value is -2.69. The number of nitrogens with zero attached hydrogens (tertiary/aromatic N) is 1. The highest BCUT2D eigenvalue weighted by atomic mass is 16.5. The zero-order chi connectivity index (χ0) is 17.2. The number of anilines is 2. The van der Waals surface area contributed by atoms with Crippen LogP contribution in [0.25, 0.3) is 0 Å². The Balaban J connectivity index is 1.69. The van der Waals surface area contributed by atoms with Crippen LogP contribution in [-0.4, -0.2) is 24.6 Å². The molecule has 1 aliphatic rings. The minimum atomic E-state index is -0.375. The molecule has 2 aromatic rings. The second-order valence-corrected chi connectivity index (χ2v) is 6.71. The minimum absolute atomic E-state index is 0.0145. The second kappa shape index (κ2) is 6.43. The lowest BCUT2D eigenvalue weighted by atomic mass is 10.0. The summed E-state index contributed by atoms with van der Waals surface area (Å²) < 4.78 is 5.99. The van der Waals surface area contributed by atoms with Gasteiger partial charge in [-0.3, -0.25) is 4.79 Å². The first kappa shape index (κ1) is 16.2. The molecule has 5 heteroatoms. The first-order valence-electron chi connectivity index (χ1n) is 8.07. The topological polar surface area (TPSA) is 67.6 Å². The van der Waals surface area contributed by atoms with Gasteiger partial charge in [-0.1, -0.05) is 30.3 Å². The van der Waals surface area contributed by atoms with Gasteiger partial charge in [0.05, 0.1) is 18.8 Å². The normalized spacial score (nSPS) is 15.3. The van der Waals surface area contributed by atoms with Crippen molar-refractivity contribution in [3.63, 3.8) is 0 Å². The number of fused-ring (bicyclic) bond motifs is 1. The van der Waals surface area contributed by atoms with Gasteiger partial charge in [0, 0.05) is 18.3 Å². The van der Waals surface area contributed by atoms with E-state index >= 15 is 0 Å². The maximum Gasteiger partial charge on any atom is 0.239 e. The number of carbonyl (C=O) groups is 1. The molecule has 126 valence electrons. The van der Waals surface area contributed by atoms with Gasteiger partial charge in [0.15, 0.2) is 0 Å². The number of carbonyl (C=O) groups excluding carboxylic acids is 1. The van der Waals surface area contributed by atoms with Gasteiger partial charge in [-0.15, -0.1) is 0 Å². The Morgan fingerprint density at radius 2 is 2.00 bits per heavy atom. The highest BCUT2D eigenvalue weighted by Gasteiger charge is 2.32. The summed E-state index contributed by atoms with van der Waals surface area (Å²) >= 11 is 0. The van der Waals surface area contributed by atoms with Crippen molar-refractivity contribution in [2.75, 3.05) is 23.7 Å². The monoisotopic (exact) mass is 325 g/mol. The van der Waals surface area contributed by atoms with Crippen LogP contribution in [0.3, 0.4) is 0 Å². The Bertz CT molecular complexity index is 729. The molecule has 0 unspecified atom stereocenters. The van der Waals surface area contributed by atoms with Crippen LogP contribution in [0.5, 0.6) is 5.75 Å². The van der Waals surface area contributed by atoms with Gasteiger partial charge in [-0.25, -0.2) is 0 Å². The molecule has 2 aromatic carbocycles. The maximum atomic E-state index is 12.4. The number of ether oxygens (including phenoxy) is 1. The summed E-state index contributed by atoms with van der Waals surface area (Å²) in [5.74, 6) is 0.710. The molecule has 0 radical (unpaired) electrons. The Kier molecular flexibility index (Phi) is 4.34. The summed E-state index contributed by atoms with van der Waals surface area (Å²) in [7, 11) is 0. The highest BCUT2D eigenvalue weighted by Crippen LogP contribution is 2.37. The van der Waals surface area contributed by atoms with E-state index in [1.807, 2.05) is 67.3 Å². The van der Waals surface area contributed by atoms with Gasteiger partial charge in [-0.05, 0) is 31.5 Å². The summed E-state index contributed by atoms with van der Waals surface area (Å²) in [5, 5.41) is 2.97. The predicted octanol–water partition coefficient (Wildman–Crippen LogP) is 2.56. The van der Waals surface area contributed by atoms with E-state index in [0.717, 1.165) is 17.0 Å². The first-order valence-corrected chi connectivity index (χ1v) is 8.07. The molecule has 0 atom stereocenters. The standard InChI is InChI=1S/C19H23N3O2/c1-19(2)13-22(16-9-8-15(20)10-17(16)24-19)12-18(23)21-11-14-6-4-3-5-7-14/h3-10H,11-13,20H2,1-2H3,(H,21,23). The summed E-state index contributed by atoms with van der Waals surface area (Å²) in [6.07, 6.45) is 0. The van der Waals surface area contributed by atoms with Gasteiger partial charge in [-0.2, -0.15) is 0 Å². The fraction of sp³-hybridized carbons (Fsp3) is 0.316. The van der Waals surface area contributed by atoms with Gasteiger partial charge in [0.1, 0.15) is 11.4 Å². The van der Waals surface area contributed by atoms with Gasteiger partial charge < -0.3 is 20.7 Å². The van der Waals surface area contributed by atoms with Crippen molar-refractivity contribution in [1.29, 1.82) is 0 Å². The number of hydrogen-bond donors (Lipinski definition) is 2. The lowest BCUT2D eigenvalue weighted by Crippen LogP contribution is -2.50. The average molecular weight is 325 g/mol. The van der Waals surface area contributed by atoms with E-state index in [0.29, 0.717) is 18.8 Å². The Morgan fingerprint density at radius 1 is 1.25 bits per heavy atom. The zero-order valence-electron chi connectivity index (χ0n) is 14.1. The molecule has 0 saturated carbocycles. The molecule has 0 saturated heterocycles. The molecular formula is C19H23N3O2. The number of nitrogen functional groups attached to an aromatic ring is 1. The Morgan fingerprint density at radius 3 is 2.75 bits per heavy atom. The number of amides is 1. The van der Waals surface area contributed by atoms with Crippen LogP contribution in [0.4, 0.5) is 11.4 Å². The van der Waals surface area contributed by atoms with E-state index in [2.05, 4.69) is 5.32 Å². The molecule has 3 rings (SSSR count). The molecule has 5 nitrogen and oxygen atoms in total. The lowest BCUT2D eigenvalue weighted by molar-refractivity contribution is -0.120. The smallest absolute Gasteiger partial charge is 0.239 e. The average Bonchev–Trinajstić information content (AvgIpc) is 2.52. The van der Waals surface area contributed by atoms with E-state index < -0.39 is 0 Å². The Labute approximate surface area is 142 Å². The van der Waals surface area contributed by atoms with E-state index in [-0.39, 0.29) is 18.1 Å². The summed E-state index contributed by atoms with van der Waals surface area (Å²) in [5.41, 5.74) is 8.12. The molecule has 1 amide bonds. The highest BCUT2D eigenvalue weighted by molar-refractivity contribution is 5.82. The third-order valence-electron chi connectivity index (χ3n) is 3.95. The molecule has 24 heavy (non-hydrogen) atoms. The fourth-order valence-corrected chi connectivity index (χ4v) is 2.92. The summed E-state index contributed by atoms with van der Waals surface area (Å²) in [6, 6.07) is 15.4. The van der Waals surface area contributed by atoms with Crippen LogP contribution < -0.4 is 20.7 Å². The molecule has 0 spiro atoms. The first-order chi connectivity index (χ1) is 11.4. The van der Waals surface area contributed by atoms with Crippen molar-refractivity contribution in [2.24, 2.45) is 0 Å². The fourth-order valence-electron chi connectivity index (χ4n) is 2.92. The van der Waals surface area contributed by atoms with E-state index in [9.17, 15) is 4.79 Å². The van der Waals surface area contributed by atoms with Crippen LogP contribution in [0.1, 0.15) is 19.4 Å². The van der Waals surface area contributed by atoms with Gasteiger partial charge in [0.2, 0.25) is 5.91 Å². The minimum Gasteiger partial charge on any atom is -0.484 e. The summed E-state index contributed by atoms with van der Waals surface area (Å²) in [4.78, 5) is 14.4. The zero-order valence-corrected chi connectivity index (χ0v) is 14.1. The third kappa shape index (κ3) is 3.79. The molecule has 0 aromatic heterocycles. The van der Waals surface area contributed by atoms with Gasteiger partial charge in [0.25, 0.3) is 0 Å². The van der Waals surface area contributed by atoms with Crippen LogP contribution in [0, 0.1) is 0 Å². The van der Waals surface area contributed by atoms with E-state index in [1.165, 1.54) is 0 Å². The number of nitrogens with one attached hydrogen (secondary N) is 1. The molecule has 3 N–H and O–H groups in total.